The number of rotatable bonds is 5. The molecule has 2 amide bonds. The van der Waals surface area contributed by atoms with Gasteiger partial charge in [-0.25, -0.2) is 9.18 Å². The van der Waals surface area contributed by atoms with Gasteiger partial charge >= 0.3 is 6.03 Å². The molecule has 1 heterocycles. The predicted molar refractivity (Wildman–Crippen MR) is 108 cm³/mol. The zero-order valence-corrected chi connectivity index (χ0v) is 16.5. The summed E-state index contributed by atoms with van der Waals surface area (Å²) in [5.74, 6) is -0.319. The van der Waals surface area contributed by atoms with Crippen molar-refractivity contribution in [1.29, 1.82) is 0 Å². The van der Waals surface area contributed by atoms with Crippen LogP contribution in [0.1, 0.15) is 38.3 Å². The minimum Gasteiger partial charge on any atom is -0.390 e. The van der Waals surface area contributed by atoms with Gasteiger partial charge in [0.15, 0.2) is 6.10 Å². The number of carbonyl (C=O) groups excluding carboxylic acids is 1. The van der Waals surface area contributed by atoms with Crippen molar-refractivity contribution in [1.82, 2.24) is 10.2 Å². The fourth-order valence-corrected chi connectivity index (χ4v) is 3.05. The topological polar surface area (TPSA) is 53.9 Å². The summed E-state index contributed by atoms with van der Waals surface area (Å²) in [4.78, 5) is 20.0. The van der Waals surface area contributed by atoms with E-state index in [1.54, 1.807) is 11.0 Å². The van der Waals surface area contributed by atoms with Crippen molar-refractivity contribution in [3.8, 4) is 0 Å². The molecule has 5 nitrogen and oxygen atoms in total. The van der Waals surface area contributed by atoms with Gasteiger partial charge in [-0.2, -0.15) is 0 Å². The van der Waals surface area contributed by atoms with Crippen molar-refractivity contribution in [3.05, 3.63) is 71.5 Å². The summed E-state index contributed by atoms with van der Waals surface area (Å²) in [6.07, 6.45) is 0.376. The first-order valence-corrected chi connectivity index (χ1v) is 9.40. The largest absolute Gasteiger partial charge is 0.390 e. The lowest BCUT2D eigenvalue weighted by Gasteiger charge is -2.29. The standard InChI is InChI=1S/C22H26FN3O2/c1-22(2,3)24-21(27)26(14-16-8-7-11-18(23)12-16)15-19-13-20(25-28-19)17-9-5-4-6-10-17/h4-12,19H,13-15H2,1-3H3,(H,24,27)/t19-/m1/s1. The SMILES string of the molecule is CC(C)(C)NC(=O)N(Cc1cccc(F)c1)C[C@H]1CC(c2ccccc2)=NO1. The highest BCUT2D eigenvalue weighted by Crippen LogP contribution is 2.19. The van der Waals surface area contributed by atoms with E-state index in [9.17, 15) is 9.18 Å². The van der Waals surface area contributed by atoms with Gasteiger partial charge in [0, 0.05) is 18.5 Å². The van der Waals surface area contributed by atoms with Gasteiger partial charge in [0.25, 0.3) is 0 Å². The fraction of sp³-hybridized carbons (Fsp3) is 0.364. The highest BCUT2D eigenvalue weighted by Gasteiger charge is 2.28. The molecule has 1 atom stereocenters. The third-order valence-corrected chi connectivity index (χ3v) is 4.30. The maximum atomic E-state index is 13.6. The number of carbonyl (C=O) groups is 1. The van der Waals surface area contributed by atoms with Crippen LogP contribution in [0.2, 0.25) is 0 Å². The lowest BCUT2D eigenvalue weighted by Crippen LogP contribution is -2.50. The van der Waals surface area contributed by atoms with E-state index in [2.05, 4.69) is 10.5 Å². The Morgan fingerprint density at radius 1 is 1.21 bits per heavy atom. The van der Waals surface area contributed by atoms with Crippen LogP contribution in [-0.4, -0.2) is 34.8 Å². The summed E-state index contributed by atoms with van der Waals surface area (Å²) < 4.78 is 13.6. The van der Waals surface area contributed by atoms with Crippen LogP contribution in [0.15, 0.2) is 59.8 Å². The van der Waals surface area contributed by atoms with E-state index in [0.717, 1.165) is 16.8 Å². The highest BCUT2D eigenvalue weighted by molar-refractivity contribution is 6.01. The van der Waals surface area contributed by atoms with Crippen LogP contribution in [0.25, 0.3) is 0 Å². The third-order valence-electron chi connectivity index (χ3n) is 4.30. The number of nitrogens with one attached hydrogen (secondary N) is 1. The zero-order valence-electron chi connectivity index (χ0n) is 16.5. The lowest BCUT2D eigenvalue weighted by molar-refractivity contribution is 0.0580. The average molecular weight is 383 g/mol. The van der Waals surface area contributed by atoms with Crippen LogP contribution in [0.3, 0.4) is 0 Å². The smallest absolute Gasteiger partial charge is 0.318 e. The Balaban J connectivity index is 1.69. The van der Waals surface area contributed by atoms with E-state index >= 15 is 0 Å². The molecule has 0 fully saturated rings. The van der Waals surface area contributed by atoms with Crippen LogP contribution in [0.5, 0.6) is 0 Å². The van der Waals surface area contributed by atoms with Gasteiger partial charge in [-0.05, 0) is 44.0 Å². The molecule has 0 unspecified atom stereocenters. The first-order valence-electron chi connectivity index (χ1n) is 9.40. The Labute approximate surface area is 165 Å². The Morgan fingerprint density at radius 3 is 2.64 bits per heavy atom. The zero-order chi connectivity index (χ0) is 20.1. The molecule has 0 spiro atoms. The molecule has 3 rings (SSSR count). The van der Waals surface area contributed by atoms with Gasteiger partial charge in [-0.3, -0.25) is 0 Å². The number of benzene rings is 2. The van der Waals surface area contributed by atoms with E-state index in [1.807, 2.05) is 57.2 Å². The molecule has 2 aromatic rings. The molecule has 0 saturated carbocycles. The van der Waals surface area contributed by atoms with E-state index in [1.165, 1.54) is 12.1 Å². The molecular weight excluding hydrogens is 357 g/mol. The van der Waals surface area contributed by atoms with Crippen molar-refractivity contribution in [3.63, 3.8) is 0 Å². The van der Waals surface area contributed by atoms with Gasteiger partial charge in [-0.15, -0.1) is 0 Å². The van der Waals surface area contributed by atoms with Crippen LogP contribution >= 0.6 is 0 Å². The molecule has 2 aromatic carbocycles. The van der Waals surface area contributed by atoms with E-state index in [4.69, 9.17) is 4.84 Å². The Kier molecular flexibility index (Phi) is 5.97. The second-order valence-corrected chi connectivity index (χ2v) is 8.03. The van der Waals surface area contributed by atoms with Gasteiger partial charge < -0.3 is 15.1 Å². The third kappa shape index (κ3) is 5.55. The summed E-state index contributed by atoms with van der Waals surface area (Å²) in [5.41, 5.74) is 2.24. The molecule has 148 valence electrons. The summed E-state index contributed by atoms with van der Waals surface area (Å²) >= 11 is 0. The number of halogens is 1. The van der Waals surface area contributed by atoms with Crippen LogP contribution in [0.4, 0.5) is 9.18 Å². The van der Waals surface area contributed by atoms with Gasteiger partial charge in [-0.1, -0.05) is 47.6 Å². The van der Waals surface area contributed by atoms with Crippen molar-refractivity contribution >= 4 is 11.7 Å². The number of oxime groups is 1. The molecule has 0 aliphatic carbocycles. The summed E-state index contributed by atoms with van der Waals surface area (Å²) in [6.45, 7) is 6.42. The number of hydrogen-bond acceptors (Lipinski definition) is 3. The number of hydrogen-bond donors (Lipinski definition) is 1. The predicted octanol–water partition coefficient (Wildman–Crippen LogP) is 4.33. The highest BCUT2D eigenvalue weighted by atomic mass is 19.1. The molecule has 1 aliphatic heterocycles. The van der Waals surface area contributed by atoms with E-state index in [0.29, 0.717) is 19.5 Å². The Morgan fingerprint density at radius 2 is 1.96 bits per heavy atom. The average Bonchev–Trinajstić information content (AvgIpc) is 3.09. The van der Waals surface area contributed by atoms with Crippen molar-refractivity contribution in [2.45, 2.75) is 45.4 Å². The molecule has 6 heteroatoms. The van der Waals surface area contributed by atoms with Gasteiger partial charge in [0.05, 0.1) is 12.3 Å². The van der Waals surface area contributed by atoms with Crippen LogP contribution in [0, 0.1) is 5.82 Å². The second kappa shape index (κ2) is 8.42. The molecular formula is C22H26FN3O2. The van der Waals surface area contributed by atoms with E-state index in [-0.39, 0.29) is 23.5 Å². The van der Waals surface area contributed by atoms with Gasteiger partial charge in [0.1, 0.15) is 5.82 Å². The van der Waals surface area contributed by atoms with Crippen molar-refractivity contribution < 1.29 is 14.0 Å². The summed E-state index contributed by atoms with van der Waals surface area (Å²) in [7, 11) is 0. The van der Waals surface area contributed by atoms with Crippen LogP contribution < -0.4 is 5.32 Å². The van der Waals surface area contributed by atoms with Gasteiger partial charge in [0.2, 0.25) is 0 Å². The maximum Gasteiger partial charge on any atom is 0.318 e. The van der Waals surface area contributed by atoms with Crippen molar-refractivity contribution in [2.75, 3.05) is 6.54 Å². The molecule has 0 saturated heterocycles. The molecule has 0 radical (unpaired) electrons. The summed E-state index contributed by atoms with van der Waals surface area (Å²) in [5, 5.41) is 7.17. The van der Waals surface area contributed by atoms with Crippen LogP contribution in [-0.2, 0) is 11.4 Å². The number of urea groups is 1. The minimum atomic E-state index is -0.375. The quantitative estimate of drug-likeness (QED) is 0.836. The van der Waals surface area contributed by atoms with E-state index < -0.39 is 0 Å². The maximum absolute atomic E-state index is 13.6. The fourth-order valence-electron chi connectivity index (χ4n) is 3.05. The Hall–Kier alpha value is -2.89. The Bertz CT molecular complexity index is 846. The molecule has 1 aliphatic rings. The minimum absolute atomic E-state index is 0.214. The first kappa shape index (κ1) is 19.9. The number of amides is 2. The lowest BCUT2D eigenvalue weighted by atomic mass is 10.0. The molecule has 28 heavy (non-hydrogen) atoms. The normalized spacial score (nSPS) is 16.3. The molecule has 0 aromatic heterocycles. The van der Waals surface area contributed by atoms with Crippen molar-refractivity contribution in [2.24, 2.45) is 5.16 Å². The first-order chi connectivity index (χ1) is 13.3. The molecule has 1 N–H and O–H groups in total. The number of nitrogens with zero attached hydrogens (tertiary/aromatic N) is 2. The monoisotopic (exact) mass is 383 g/mol. The second-order valence-electron chi connectivity index (χ2n) is 8.03. The summed E-state index contributed by atoms with van der Waals surface area (Å²) in [6, 6.07) is 15.9. The molecule has 0 bridgehead atoms.